The van der Waals surface area contributed by atoms with Crippen molar-refractivity contribution < 1.29 is 28.2 Å². The van der Waals surface area contributed by atoms with Crippen LogP contribution in [-0.2, 0) is 25.5 Å². The highest BCUT2D eigenvalue weighted by atomic mass is 16.6. The fourth-order valence-electron chi connectivity index (χ4n) is 9.65. The van der Waals surface area contributed by atoms with Gasteiger partial charge in [0.15, 0.2) is 5.43 Å². The lowest BCUT2D eigenvalue weighted by Crippen LogP contribution is -2.68. The molecule has 3 aliphatic carbocycles. The van der Waals surface area contributed by atoms with Gasteiger partial charge in [-0.05, 0) is 75.0 Å². The molecule has 3 saturated carbocycles. The molecule has 0 aromatic carbocycles. The van der Waals surface area contributed by atoms with E-state index in [9.17, 15) is 14.4 Å². The monoisotopic (exact) mass is 514 g/mol. The summed E-state index contributed by atoms with van der Waals surface area (Å²) in [6.07, 6.45) is 4.14. The minimum Gasteiger partial charge on any atom is -0.459 e. The third kappa shape index (κ3) is 3.85. The van der Waals surface area contributed by atoms with Crippen molar-refractivity contribution in [3.63, 3.8) is 0 Å². The first kappa shape index (κ1) is 26.3. The quantitative estimate of drug-likeness (QED) is 0.489. The van der Waals surface area contributed by atoms with Crippen LogP contribution in [0.15, 0.2) is 15.3 Å². The molecule has 1 aliphatic heterocycles. The fraction of sp³-hybridized carbons (Fsp3) is 0.767. The number of esters is 2. The van der Waals surface area contributed by atoms with Crippen LogP contribution in [0.2, 0.25) is 0 Å². The molecule has 1 aromatic rings. The van der Waals surface area contributed by atoms with Crippen LogP contribution in [0.4, 0.5) is 0 Å². The molecule has 0 amide bonds. The third-order valence-corrected chi connectivity index (χ3v) is 10.9. The molecule has 7 heteroatoms. The Hall–Kier alpha value is -2.31. The summed E-state index contributed by atoms with van der Waals surface area (Å²) in [5.74, 6) is 1.06. The first-order chi connectivity index (χ1) is 17.1. The second-order valence-electron chi connectivity index (χ2n) is 13.6. The van der Waals surface area contributed by atoms with Gasteiger partial charge in [0, 0.05) is 31.2 Å². The molecule has 1 aromatic heterocycles. The molecule has 0 N–H and O–H groups in total. The molecule has 4 aliphatic rings. The first-order valence-electron chi connectivity index (χ1n) is 13.8. The molecule has 5 rings (SSSR count). The van der Waals surface area contributed by atoms with Crippen LogP contribution < -0.4 is 10.2 Å². The average molecular weight is 515 g/mol. The predicted molar refractivity (Wildman–Crippen MR) is 137 cm³/mol. The van der Waals surface area contributed by atoms with Crippen molar-refractivity contribution in [3.8, 4) is 5.95 Å². The number of fused-ring (bicyclic) bond motifs is 6. The molecule has 0 spiro atoms. The van der Waals surface area contributed by atoms with Gasteiger partial charge in [-0.1, -0.05) is 27.7 Å². The van der Waals surface area contributed by atoms with Crippen LogP contribution in [0.5, 0.6) is 5.95 Å². The maximum atomic E-state index is 12.9. The van der Waals surface area contributed by atoms with Crippen LogP contribution in [0, 0.1) is 40.9 Å². The van der Waals surface area contributed by atoms with E-state index in [1.165, 1.54) is 13.8 Å². The second-order valence-corrected chi connectivity index (χ2v) is 13.6. The smallest absolute Gasteiger partial charge is 0.303 e. The molecule has 2 heterocycles. The zero-order valence-electron chi connectivity index (χ0n) is 23.6. The van der Waals surface area contributed by atoms with E-state index >= 15 is 0 Å². The summed E-state index contributed by atoms with van der Waals surface area (Å²) in [5.41, 5.74) is -0.339. The number of carbonyl (C=O) groups excluding carboxylic acids is 2. The van der Waals surface area contributed by atoms with Crippen molar-refractivity contribution in [2.75, 3.05) is 0 Å². The molecule has 204 valence electrons. The number of hydrogen-bond donors (Lipinski definition) is 0. The Balaban J connectivity index is 1.56. The van der Waals surface area contributed by atoms with E-state index in [2.05, 4.69) is 34.6 Å². The summed E-state index contributed by atoms with van der Waals surface area (Å²) in [7, 11) is 0. The van der Waals surface area contributed by atoms with Crippen molar-refractivity contribution in [1.29, 1.82) is 0 Å². The van der Waals surface area contributed by atoms with Crippen molar-refractivity contribution in [3.05, 3.63) is 27.6 Å². The van der Waals surface area contributed by atoms with E-state index in [0.29, 0.717) is 41.9 Å². The minimum absolute atomic E-state index is 0.00985. The van der Waals surface area contributed by atoms with Crippen molar-refractivity contribution in [1.82, 2.24) is 0 Å². The zero-order valence-corrected chi connectivity index (χ0v) is 23.6. The Morgan fingerprint density at radius 1 is 0.919 bits per heavy atom. The van der Waals surface area contributed by atoms with Gasteiger partial charge in [-0.15, -0.1) is 0 Å². The highest BCUT2D eigenvalue weighted by Crippen LogP contribution is 2.71. The van der Waals surface area contributed by atoms with Gasteiger partial charge in [0.1, 0.15) is 23.6 Å². The number of carbonyl (C=O) groups is 2. The van der Waals surface area contributed by atoms with E-state index in [0.717, 1.165) is 25.7 Å². The Kier molecular flexibility index (Phi) is 5.93. The van der Waals surface area contributed by atoms with Crippen molar-refractivity contribution in [2.45, 2.75) is 112 Å². The summed E-state index contributed by atoms with van der Waals surface area (Å²) >= 11 is 0. The number of aryl methyl sites for hydroxylation is 1. The molecule has 3 unspecified atom stereocenters. The topological polar surface area (TPSA) is 92.0 Å². The van der Waals surface area contributed by atoms with Gasteiger partial charge < -0.3 is 18.6 Å². The third-order valence-electron chi connectivity index (χ3n) is 10.9. The minimum atomic E-state index is -0.494. The maximum Gasteiger partial charge on any atom is 0.303 e. The average Bonchev–Trinajstić information content (AvgIpc) is 2.74. The molecular formula is C30H42O7. The summed E-state index contributed by atoms with van der Waals surface area (Å²) < 4.78 is 24.2. The van der Waals surface area contributed by atoms with Gasteiger partial charge in [-0.3, -0.25) is 14.4 Å². The molecule has 3 fully saturated rings. The number of hydrogen-bond acceptors (Lipinski definition) is 7. The van der Waals surface area contributed by atoms with Crippen LogP contribution in [0.1, 0.15) is 91.9 Å². The maximum absolute atomic E-state index is 12.9. The normalized spacial score (nSPS) is 41.7. The highest BCUT2D eigenvalue weighted by molar-refractivity contribution is 5.67. The predicted octanol–water partition coefficient (Wildman–Crippen LogP) is 5.38. The zero-order chi connectivity index (χ0) is 27.1. The highest BCUT2D eigenvalue weighted by Gasteiger charge is 2.69. The largest absolute Gasteiger partial charge is 0.459 e. The van der Waals surface area contributed by atoms with Crippen LogP contribution in [0.3, 0.4) is 0 Å². The lowest BCUT2D eigenvalue weighted by atomic mass is 9.37. The summed E-state index contributed by atoms with van der Waals surface area (Å²) in [6.45, 7) is 15.9. The van der Waals surface area contributed by atoms with E-state index < -0.39 is 17.8 Å². The van der Waals surface area contributed by atoms with Gasteiger partial charge >= 0.3 is 11.9 Å². The summed E-state index contributed by atoms with van der Waals surface area (Å²) in [6, 6.07) is 1.56. The summed E-state index contributed by atoms with van der Waals surface area (Å²) in [5, 5.41) is 0. The van der Waals surface area contributed by atoms with E-state index in [4.69, 9.17) is 18.6 Å². The van der Waals surface area contributed by atoms with E-state index in [1.54, 1.807) is 13.0 Å². The first-order valence-corrected chi connectivity index (χ1v) is 13.8. The standard InChI is InChI=1S/C30H42O7/c1-16-13-20(33)19-14-24-28(6)11-9-22-27(4,5)25(36-18(3)32)21(35-17(2)31)15-29(22,7)23(28)10-12-30(24,8)37-26(19)34-16/h13,21-25H,9-12,14-15H2,1-8H3/t21-,22-,23?,24-,25-,28?,29?,30-/m0/s1. The molecule has 8 atom stereocenters. The van der Waals surface area contributed by atoms with Crippen molar-refractivity contribution >= 4 is 11.9 Å². The molecule has 0 bridgehead atoms. The van der Waals surface area contributed by atoms with Gasteiger partial charge in [0.25, 0.3) is 5.95 Å². The molecular weight excluding hydrogens is 472 g/mol. The fourth-order valence-corrected chi connectivity index (χ4v) is 9.65. The Labute approximate surface area is 219 Å². The second kappa shape index (κ2) is 8.34. The Morgan fingerprint density at radius 2 is 1.57 bits per heavy atom. The molecule has 7 nitrogen and oxygen atoms in total. The molecule has 0 radical (unpaired) electrons. The lowest BCUT2D eigenvalue weighted by molar-refractivity contribution is -0.255. The van der Waals surface area contributed by atoms with Gasteiger partial charge in [0.2, 0.25) is 0 Å². The van der Waals surface area contributed by atoms with Crippen molar-refractivity contribution in [2.24, 2.45) is 34.0 Å². The Bertz CT molecular complexity index is 1180. The lowest BCUT2D eigenvalue weighted by Gasteiger charge is -2.69. The number of ether oxygens (including phenoxy) is 3. The van der Waals surface area contributed by atoms with Crippen LogP contribution >= 0.6 is 0 Å². The number of rotatable bonds is 2. The van der Waals surface area contributed by atoms with Gasteiger partial charge in [0.05, 0.1) is 5.56 Å². The molecule has 0 saturated heterocycles. The van der Waals surface area contributed by atoms with Gasteiger partial charge in [-0.2, -0.15) is 0 Å². The SMILES string of the molecule is CC(=O)O[C@H]1CC2(C)C3CC[C@]4(C)Oc5oc(C)cc(=O)c5C[C@H]4C3(C)CC[C@H]2C(C)(C)[C@H]1OC(C)=O. The van der Waals surface area contributed by atoms with Gasteiger partial charge in [-0.25, -0.2) is 0 Å². The molecule has 37 heavy (non-hydrogen) atoms. The van der Waals surface area contributed by atoms with Crippen LogP contribution in [0.25, 0.3) is 0 Å². The van der Waals surface area contributed by atoms with E-state index in [1.807, 2.05) is 0 Å². The van der Waals surface area contributed by atoms with E-state index in [-0.39, 0.29) is 39.5 Å². The Morgan fingerprint density at radius 3 is 2.22 bits per heavy atom. The van der Waals surface area contributed by atoms with Crippen LogP contribution in [-0.4, -0.2) is 29.7 Å². The summed E-state index contributed by atoms with van der Waals surface area (Å²) in [4.78, 5) is 37.2.